The Kier molecular flexibility index (Phi) is 3.68. The second kappa shape index (κ2) is 5.51. The number of hydrogen-bond donors (Lipinski definition) is 2. The van der Waals surface area contributed by atoms with E-state index >= 15 is 0 Å². The van der Waals surface area contributed by atoms with Crippen molar-refractivity contribution < 1.29 is 24.4 Å². The second-order valence-electron chi connectivity index (χ2n) is 5.14. The van der Waals surface area contributed by atoms with E-state index in [1.165, 1.54) is 7.11 Å². The minimum absolute atomic E-state index is 0.513. The predicted molar refractivity (Wildman–Crippen MR) is 81.5 cm³/mol. The fourth-order valence-corrected chi connectivity index (χ4v) is 2.87. The molecule has 116 valence electrons. The molecule has 1 aliphatic carbocycles. The summed E-state index contributed by atoms with van der Waals surface area (Å²) < 4.78 is 15.9. The maximum atomic E-state index is 10.4. The Morgan fingerprint density at radius 1 is 0.727 bits per heavy atom. The first-order valence-corrected chi connectivity index (χ1v) is 6.91. The Bertz CT molecular complexity index is 710. The van der Waals surface area contributed by atoms with Gasteiger partial charge in [0.15, 0.2) is 11.5 Å². The number of methoxy groups -OCH3 is 3. The van der Waals surface area contributed by atoms with Gasteiger partial charge in [0.05, 0.1) is 21.3 Å². The molecule has 0 heterocycles. The molecule has 0 amide bonds. The average molecular weight is 302 g/mol. The lowest BCUT2D eigenvalue weighted by Crippen LogP contribution is -2.17. The molecule has 5 heteroatoms. The van der Waals surface area contributed by atoms with Gasteiger partial charge in [-0.15, -0.1) is 0 Å². The maximum absolute atomic E-state index is 10.4. The van der Waals surface area contributed by atoms with Gasteiger partial charge in [-0.3, -0.25) is 0 Å². The fraction of sp³-hybridized carbons (Fsp3) is 0.294. The van der Waals surface area contributed by atoms with Crippen molar-refractivity contribution in [2.45, 2.75) is 12.2 Å². The molecule has 0 saturated carbocycles. The molecular formula is C17H18O5. The molecule has 2 N–H and O–H groups in total. The summed E-state index contributed by atoms with van der Waals surface area (Å²) in [6.07, 6.45) is -2.01. The van der Waals surface area contributed by atoms with Crippen molar-refractivity contribution in [2.75, 3.05) is 21.3 Å². The summed E-state index contributed by atoms with van der Waals surface area (Å²) in [5.41, 5.74) is 2.87. The van der Waals surface area contributed by atoms with Crippen LogP contribution in [0.1, 0.15) is 23.3 Å². The van der Waals surface area contributed by atoms with Gasteiger partial charge in [0.25, 0.3) is 0 Å². The molecule has 2 atom stereocenters. The second-order valence-corrected chi connectivity index (χ2v) is 5.14. The van der Waals surface area contributed by atoms with Crippen molar-refractivity contribution in [2.24, 2.45) is 0 Å². The van der Waals surface area contributed by atoms with Gasteiger partial charge >= 0.3 is 0 Å². The zero-order chi connectivity index (χ0) is 15.9. The van der Waals surface area contributed by atoms with E-state index in [4.69, 9.17) is 14.2 Å². The van der Waals surface area contributed by atoms with Crippen molar-refractivity contribution in [3.63, 3.8) is 0 Å². The first-order valence-electron chi connectivity index (χ1n) is 6.91. The Hall–Kier alpha value is -2.24. The number of benzene rings is 2. The Balaban J connectivity index is 2.28. The molecule has 0 fully saturated rings. The molecule has 0 aromatic heterocycles. The Labute approximate surface area is 128 Å². The number of rotatable bonds is 3. The summed E-state index contributed by atoms with van der Waals surface area (Å²) in [4.78, 5) is 0. The van der Waals surface area contributed by atoms with E-state index in [2.05, 4.69) is 0 Å². The van der Waals surface area contributed by atoms with Crippen molar-refractivity contribution in [3.8, 4) is 28.4 Å². The van der Waals surface area contributed by atoms with E-state index in [1.54, 1.807) is 32.4 Å². The van der Waals surface area contributed by atoms with Crippen molar-refractivity contribution in [1.82, 2.24) is 0 Å². The lowest BCUT2D eigenvalue weighted by molar-refractivity contribution is 0.0156. The lowest BCUT2D eigenvalue weighted by Gasteiger charge is -2.30. The van der Waals surface area contributed by atoms with E-state index < -0.39 is 12.2 Å². The van der Waals surface area contributed by atoms with Gasteiger partial charge < -0.3 is 24.4 Å². The molecule has 0 unspecified atom stereocenters. The minimum atomic E-state index is -1.02. The van der Waals surface area contributed by atoms with Crippen molar-refractivity contribution in [1.29, 1.82) is 0 Å². The molecule has 2 aromatic carbocycles. The number of hydrogen-bond acceptors (Lipinski definition) is 5. The van der Waals surface area contributed by atoms with Crippen LogP contribution in [0.2, 0.25) is 0 Å². The van der Waals surface area contributed by atoms with Crippen LogP contribution in [0.3, 0.4) is 0 Å². The SMILES string of the molecule is COc1ccc2c(c1)-c1cc(OC)c(OC)cc1[C@H](O)[C@@H]2O. The van der Waals surface area contributed by atoms with E-state index in [0.29, 0.717) is 28.4 Å². The molecular weight excluding hydrogens is 284 g/mol. The van der Waals surface area contributed by atoms with E-state index in [-0.39, 0.29) is 0 Å². The molecule has 0 radical (unpaired) electrons. The van der Waals surface area contributed by atoms with Gasteiger partial charge in [-0.05, 0) is 46.5 Å². The normalized spacial score (nSPS) is 19.1. The summed E-state index contributed by atoms with van der Waals surface area (Å²) in [7, 11) is 4.68. The average Bonchev–Trinajstić information content (AvgIpc) is 2.57. The van der Waals surface area contributed by atoms with Gasteiger partial charge in [0, 0.05) is 0 Å². The summed E-state index contributed by atoms with van der Waals surface area (Å²) in [5, 5.41) is 20.8. The zero-order valence-electron chi connectivity index (χ0n) is 12.7. The Morgan fingerprint density at radius 2 is 1.32 bits per heavy atom. The highest BCUT2D eigenvalue weighted by Gasteiger charge is 2.32. The topological polar surface area (TPSA) is 68.2 Å². The maximum Gasteiger partial charge on any atom is 0.161 e. The van der Waals surface area contributed by atoms with E-state index in [0.717, 1.165) is 11.1 Å². The van der Waals surface area contributed by atoms with Crippen LogP contribution >= 0.6 is 0 Å². The fourth-order valence-electron chi connectivity index (χ4n) is 2.87. The van der Waals surface area contributed by atoms with Crippen LogP contribution < -0.4 is 14.2 Å². The summed E-state index contributed by atoms with van der Waals surface area (Å²) in [5.74, 6) is 1.76. The highest BCUT2D eigenvalue weighted by molar-refractivity contribution is 5.78. The van der Waals surface area contributed by atoms with Gasteiger partial charge in [0.1, 0.15) is 18.0 Å². The number of ether oxygens (including phenoxy) is 3. The highest BCUT2D eigenvalue weighted by Crippen LogP contribution is 2.48. The number of aliphatic hydroxyl groups excluding tert-OH is 2. The first kappa shape index (κ1) is 14.7. The third-order valence-electron chi connectivity index (χ3n) is 4.04. The largest absolute Gasteiger partial charge is 0.497 e. The van der Waals surface area contributed by atoms with Crippen molar-refractivity contribution in [3.05, 3.63) is 41.5 Å². The van der Waals surface area contributed by atoms with Gasteiger partial charge in [0.2, 0.25) is 0 Å². The molecule has 2 aromatic rings. The monoisotopic (exact) mass is 302 g/mol. The molecule has 0 aliphatic heterocycles. The number of aliphatic hydroxyl groups is 2. The van der Waals surface area contributed by atoms with Gasteiger partial charge in [-0.1, -0.05) is 6.07 Å². The minimum Gasteiger partial charge on any atom is -0.497 e. The van der Waals surface area contributed by atoms with Crippen LogP contribution in [0.25, 0.3) is 11.1 Å². The molecule has 5 nitrogen and oxygen atoms in total. The molecule has 0 bridgehead atoms. The molecule has 0 spiro atoms. The third-order valence-corrected chi connectivity index (χ3v) is 4.04. The highest BCUT2D eigenvalue weighted by atomic mass is 16.5. The van der Waals surface area contributed by atoms with E-state index in [9.17, 15) is 10.2 Å². The summed E-state index contributed by atoms with van der Waals surface area (Å²) in [6, 6.07) is 8.88. The van der Waals surface area contributed by atoms with Crippen LogP contribution in [0.5, 0.6) is 17.2 Å². The first-order chi connectivity index (χ1) is 10.6. The van der Waals surface area contributed by atoms with E-state index in [1.807, 2.05) is 12.1 Å². The third kappa shape index (κ3) is 2.10. The van der Waals surface area contributed by atoms with Crippen LogP contribution in [0, 0.1) is 0 Å². The lowest BCUT2D eigenvalue weighted by atomic mass is 9.81. The molecule has 1 aliphatic rings. The van der Waals surface area contributed by atoms with Gasteiger partial charge in [-0.25, -0.2) is 0 Å². The quantitative estimate of drug-likeness (QED) is 0.911. The van der Waals surface area contributed by atoms with Crippen molar-refractivity contribution >= 4 is 0 Å². The Morgan fingerprint density at radius 3 is 1.95 bits per heavy atom. The molecule has 3 rings (SSSR count). The van der Waals surface area contributed by atoms with Crippen LogP contribution in [0.15, 0.2) is 30.3 Å². The van der Waals surface area contributed by atoms with Crippen LogP contribution in [-0.2, 0) is 0 Å². The number of fused-ring (bicyclic) bond motifs is 3. The molecule has 0 saturated heterocycles. The standard InChI is InChI=1S/C17H18O5/c1-20-9-4-5-10-11(6-9)12-7-14(21-2)15(22-3)8-13(12)17(19)16(10)18/h4-8,16-19H,1-3H3/t16-,17+/m1/s1. The van der Waals surface area contributed by atoms with Crippen LogP contribution in [-0.4, -0.2) is 31.5 Å². The molecule has 22 heavy (non-hydrogen) atoms. The van der Waals surface area contributed by atoms with Crippen LogP contribution in [0.4, 0.5) is 0 Å². The summed E-state index contributed by atoms with van der Waals surface area (Å²) in [6.45, 7) is 0. The van der Waals surface area contributed by atoms with Gasteiger partial charge in [-0.2, -0.15) is 0 Å². The summed E-state index contributed by atoms with van der Waals surface area (Å²) >= 11 is 0. The zero-order valence-corrected chi connectivity index (χ0v) is 12.7. The predicted octanol–water partition coefficient (Wildman–Crippen LogP) is 2.46. The smallest absolute Gasteiger partial charge is 0.161 e.